The van der Waals surface area contributed by atoms with Crippen molar-refractivity contribution in [2.45, 2.75) is 12.8 Å². The van der Waals surface area contributed by atoms with Crippen molar-refractivity contribution >= 4 is 0 Å². The van der Waals surface area contributed by atoms with Gasteiger partial charge in [0.15, 0.2) is 11.5 Å². The first kappa shape index (κ1) is 10.3. The van der Waals surface area contributed by atoms with Crippen LogP contribution in [0.4, 0.5) is 0 Å². The van der Waals surface area contributed by atoms with Crippen LogP contribution in [0.1, 0.15) is 18.4 Å². The molecule has 0 aliphatic carbocycles. The second-order valence-electron chi connectivity index (χ2n) is 3.70. The highest BCUT2D eigenvalue weighted by atomic mass is 16.5. The zero-order valence-electron chi connectivity index (χ0n) is 9.25. The maximum absolute atomic E-state index is 5.54. The van der Waals surface area contributed by atoms with Gasteiger partial charge in [0.05, 0.1) is 13.7 Å². The first-order valence-electron chi connectivity index (χ1n) is 5.36. The van der Waals surface area contributed by atoms with Gasteiger partial charge in [-0.15, -0.1) is 0 Å². The fourth-order valence-corrected chi connectivity index (χ4v) is 1.74. The van der Waals surface area contributed by atoms with Crippen molar-refractivity contribution in [3.63, 3.8) is 0 Å². The van der Waals surface area contributed by atoms with Gasteiger partial charge in [-0.2, -0.15) is 0 Å². The molecule has 0 atom stereocenters. The zero-order valence-corrected chi connectivity index (χ0v) is 9.25. The van der Waals surface area contributed by atoms with Crippen LogP contribution in [-0.4, -0.2) is 26.8 Å². The lowest BCUT2D eigenvalue weighted by Gasteiger charge is -2.28. The first-order valence-corrected chi connectivity index (χ1v) is 5.36. The van der Waals surface area contributed by atoms with E-state index in [1.807, 2.05) is 13.0 Å². The molecular weight excluding hydrogens is 190 g/mol. The molecule has 0 saturated carbocycles. The van der Waals surface area contributed by atoms with E-state index in [0.717, 1.165) is 24.6 Å². The lowest BCUT2D eigenvalue weighted by atomic mass is 9.93. The van der Waals surface area contributed by atoms with Crippen LogP contribution in [0, 0.1) is 0 Å². The van der Waals surface area contributed by atoms with Crippen LogP contribution in [0.25, 0.3) is 0 Å². The molecule has 2 rings (SSSR count). The van der Waals surface area contributed by atoms with E-state index in [9.17, 15) is 0 Å². The topological polar surface area (TPSA) is 30.5 Å². The highest BCUT2D eigenvalue weighted by Gasteiger charge is 2.20. The Bertz CT molecular complexity index is 334. The van der Waals surface area contributed by atoms with E-state index in [1.54, 1.807) is 7.11 Å². The third kappa shape index (κ3) is 2.07. The minimum Gasteiger partial charge on any atom is -0.493 e. The Hall–Kier alpha value is -1.22. The van der Waals surface area contributed by atoms with E-state index in [-0.39, 0.29) is 0 Å². The number of rotatable bonds is 4. The third-order valence-electron chi connectivity index (χ3n) is 2.74. The lowest BCUT2D eigenvalue weighted by molar-refractivity contribution is 0.309. The molecule has 1 saturated heterocycles. The molecule has 0 aromatic heterocycles. The normalized spacial score (nSPS) is 15.9. The maximum atomic E-state index is 5.54. The first-order chi connectivity index (χ1) is 7.35. The summed E-state index contributed by atoms with van der Waals surface area (Å²) in [6.07, 6.45) is 0. The summed E-state index contributed by atoms with van der Waals surface area (Å²) in [4.78, 5) is 0. The summed E-state index contributed by atoms with van der Waals surface area (Å²) in [5.74, 6) is 2.30. The molecule has 82 valence electrons. The summed E-state index contributed by atoms with van der Waals surface area (Å²) >= 11 is 0. The molecule has 0 radical (unpaired) electrons. The van der Waals surface area contributed by atoms with Crippen LogP contribution >= 0.6 is 0 Å². The van der Waals surface area contributed by atoms with Crippen LogP contribution in [0.2, 0.25) is 0 Å². The Labute approximate surface area is 90.4 Å². The summed E-state index contributed by atoms with van der Waals surface area (Å²) in [5.41, 5.74) is 1.33. The summed E-state index contributed by atoms with van der Waals surface area (Å²) in [6.45, 7) is 4.79. The number of ether oxygens (including phenoxy) is 2. The summed E-state index contributed by atoms with van der Waals surface area (Å²) in [7, 11) is 1.67. The van der Waals surface area contributed by atoms with Gasteiger partial charge in [-0.1, -0.05) is 6.07 Å². The Morgan fingerprint density at radius 1 is 1.33 bits per heavy atom. The molecule has 1 heterocycles. The quantitative estimate of drug-likeness (QED) is 0.816. The summed E-state index contributed by atoms with van der Waals surface area (Å²) in [5, 5.41) is 3.27. The Morgan fingerprint density at radius 2 is 2.13 bits per heavy atom. The molecular formula is C12H17NO2. The molecule has 1 fully saturated rings. The van der Waals surface area contributed by atoms with Gasteiger partial charge in [0, 0.05) is 19.0 Å². The lowest BCUT2D eigenvalue weighted by Crippen LogP contribution is -2.39. The van der Waals surface area contributed by atoms with Gasteiger partial charge in [0.2, 0.25) is 0 Å². The Morgan fingerprint density at radius 3 is 2.67 bits per heavy atom. The number of nitrogens with one attached hydrogen (secondary N) is 1. The molecule has 1 N–H and O–H groups in total. The highest BCUT2D eigenvalue weighted by molar-refractivity contribution is 5.44. The van der Waals surface area contributed by atoms with Gasteiger partial charge < -0.3 is 14.8 Å². The van der Waals surface area contributed by atoms with Crippen molar-refractivity contribution < 1.29 is 9.47 Å². The van der Waals surface area contributed by atoms with Gasteiger partial charge in [-0.25, -0.2) is 0 Å². The van der Waals surface area contributed by atoms with Crippen molar-refractivity contribution in [1.82, 2.24) is 5.32 Å². The highest BCUT2D eigenvalue weighted by Crippen LogP contribution is 2.31. The van der Waals surface area contributed by atoms with E-state index in [2.05, 4.69) is 17.4 Å². The van der Waals surface area contributed by atoms with E-state index < -0.39 is 0 Å². The van der Waals surface area contributed by atoms with Crippen LogP contribution in [0.15, 0.2) is 18.2 Å². The Balaban J connectivity index is 2.22. The Kier molecular flexibility index (Phi) is 3.11. The minimum absolute atomic E-state index is 0.634. The van der Waals surface area contributed by atoms with Gasteiger partial charge in [-0.05, 0) is 24.6 Å². The predicted octanol–water partition coefficient (Wildman–Crippen LogP) is 1.78. The number of hydrogen-bond acceptors (Lipinski definition) is 3. The standard InChI is InChI=1S/C12H17NO2/c1-3-15-12-6-9(10-7-13-8-10)4-5-11(12)14-2/h4-6,10,13H,3,7-8H2,1-2H3. The van der Waals surface area contributed by atoms with E-state index in [0.29, 0.717) is 12.5 Å². The molecule has 3 nitrogen and oxygen atoms in total. The second kappa shape index (κ2) is 4.53. The minimum atomic E-state index is 0.634. The van der Waals surface area contributed by atoms with Crippen molar-refractivity contribution in [3.05, 3.63) is 23.8 Å². The van der Waals surface area contributed by atoms with Crippen molar-refractivity contribution in [1.29, 1.82) is 0 Å². The van der Waals surface area contributed by atoms with Crippen molar-refractivity contribution in [2.75, 3.05) is 26.8 Å². The molecule has 0 spiro atoms. The smallest absolute Gasteiger partial charge is 0.161 e. The van der Waals surface area contributed by atoms with Crippen LogP contribution in [0.3, 0.4) is 0 Å². The average molecular weight is 207 g/mol. The van der Waals surface area contributed by atoms with E-state index in [4.69, 9.17) is 9.47 Å². The number of hydrogen-bond donors (Lipinski definition) is 1. The van der Waals surface area contributed by atoms with Crippen molar-refractivity contribution in [2.24, 2.45) is 0 Å². The second-order valence-corrected chi connectivity index (χ2v) is 3.70. The van der Waals surface area contributed by atoms with E-state index in [1.165, 1.54) is 5.56 Å². The van der Waals surface area contributed by atoms with E-state index >= 15 is 0 Å². The average Bonchev–Trinajstić information content (AvgIpc) is 2.16. The molecule has 1 aromatic rings. The molecule has 1 aromatic carbocycles. The molecule has 1 aliphatic rings. The van der Waals surface area contributed by atoms with Gasteiger partial charge in [0.25, 0.3) is 0 Å². The molecule has 0 unspecified atom stereocenters. The number of methoxy groups -OCH3 is 1. The van der Waals surface area contributed by atoms with Crippen LogP contribution < -0.4 is 14.8 Å². The molecule has 15 heavy (non-hydrogen) atoms. The van der Waals surface area contributed by atoms with Gasteiger partial charge in [0.1, 0.15) is 0 Å². The molecule has 0 bridgehead atoms. The zero-order chi connectivity index (χ0) is 10.7. The third-order valence-corrected chi connectivity index (χ3v) is 2.74. The monoisotopic (exact) mass is 207 g/mol. The summed E-state index contributed by atoms with van der Waals surface area (Å²) in [6, 6.07) is 6.19. The SMILES string of the molecule is CCOc1cc(C2CNC2)ccc1OC. The fraction of sp³-hybridized carbons (Fsp3) is 0.500. The summed E-state index contributed by atoms with van der Waals surface area (Å²) < 4.78 is 10.8. The molecule has 3 heteroatoms. The number of benzene rings is 1. The predicted molar refractivity (Wildman–Crippen MR) is 59.8 cm³/mol. The fourth-order valence-electron chi connectivity index (χ4n) is 1.74. The molecule has 0 amide bonds. The maximum Gasteiger partial charge on any atom is 0.161 e. The van der Waals surface area contributed by atoms with Crippen molar-refractivity contribution in [3.8, 4) is 11.5 Å². The van der Waals surface area contributed by atoms with Crippen LogP contribution in [-0.2, 0) is 0 Å². The van der Waals surface area contributed by atoms with Gasteiger partial charge in [-0.3, -0.25) is 0 Å². The van der Waals surface area contributed by atoms with Crippen LogP contribution in [0.5, 0.6) is 11.5 Å². The molecule has 1 aliphatic heterocycles. The largest absolute Gasteiger partial charge is 0.493 e. The van der Waals surface area contributed by atoms with Gasteiger partial charge >= 0.3 is 0 Å².